The highest BCUT2D eigenvalue weighted by Crippen LogP contribution is 2.28. The van der Waals surface area contributed by atoms with Crippen molar-refractivity contribution in [1.82, 2.24) is 15.0 Å². The van der Waals surface area contributed by atoms with Crippen LogP contribution < -0.4 is 9.47 Å². The standard InChI is InChI=1S/C29H17N3O4/c33-18-35-24-10-12-31-27(15-24)29-17-25(36-19-34)16-28(32-29)26-14-21(9-11-30-26)6-5-20-7-8-22-3-1-2-4-23(22)13-20/h1-4,7-19H. The maximum atomic E-state index is 11.0. The van der Waals surface area contributed by atoms with Gasteiger partial charge < -0.3 is 9.47 Å². The van der Waals surface area contributed by atoms with Gasteiger partial charge in [-0.15, -0.1) is 0 Å². The van der Waals surface area contributed by atoms with Crippen LogP contribution in [0, 0.1) is 11.8 Å². The first-order chi connectivity index (χ1) is 17.7. The molecule has 172 valence electrons. The molecule has 3 heterocycles. The van der Waals surface area contributed by atoms with E-state index in [9.17, 15) is 9.59 Å². The molecule has 0 aliphatic heterocycles. The average molecular weight is 471 g/mol. The molecule has 36 heavy (non-hydrogen) atoms. The van der Waals surface area contributed by atoms with E-state index >= 15 is 0 Å². The second-order valence-corrected chi connectivity index (χ2v) is 7.62. The molecule has 0 N–H and O–H groups in total. The largest absolute Gasteiger partial charge is 0.429 e. The first-order valence-electron chi connectivity index (χ1n) is 10.9. The molecular weight excluding hydrogens is 454 g/mol. The molecule has 0 amide bonds. The molecule has 0 saturated heterocycles. The number of carbonyl (C=O) groups excluding carboxylic acids is 2. The predicted molar refractivity (Wildman–Crippen MR) is 134 cm³/mol. The third kappa shape index (κ3) is 5.08. The number of benzene rings is 2. The minimum atomic E-state index is 0.267. The number of hydrogen-bond donors (Lipinski definition) is 0. The Labute approximate surface area is 206 Å². The van der Waals surface area contributed by atoms with Crippen LogP contribution in [0.3, 0.4) is 0 Å². The Morgan fingerprint density at radius 3 is 1.94 bits per heavy atom. The van der Waals surface area contributed by atoms with Crippen molar-refractivity contribution in [2.45, 2.75) is 0 Å². The van der Waals surface area contributed by atoms with Crippen molar-refractivity contribution < 1.29 is 19.1 Å². The Bertz CT molecular complexity index is 1650. The van der Waals surface area contributed by atoms with Crippen molar-refractivity contribution in [3.63, 3.8) is 0 Å². The van der Waals surface area contributed by atoms with Crippen LogP contribution in [-0.2, 0) is 9.59 Å². The fourth-order valence-corrected chi connectivity index (χ4v) is 3.63. The quantitative estimate of drug-likeness (QED) is 0.259. The normalized spacial score (nSPS) is 10.2. The fourth-order valence-electron chi connectivity index (χ4n) is 3.63. The average Bonchev–Trinajstić information content (AvgIpc) is 2.92. The summed E-state index contributed by atoms with van der Waals surface area (Å²) in [6.07, 6.45) is 3.13. The Balaban J connectivity index is 1.50. The minimum Gasteiger partial charge on any atom is -0.429 e. The van der Waals surface area contributed by atoms with Crippen LogP contribution in [0.2, 0.25) is 0 Å². The lowest BCUT2D eigenvalue weighted by Gasteiger charge is -2.08. The van der Waals surface area contributed by atoms with Crippen LogP contribution in [0.25, 0.3) is 33.5 Å². The van der Waals surface area contributed by atoms with Crippen molar-refractivity contribution in [3.05, 3.63) is 102 Å². The van der Waals surface area contributed by atoms with E-state index in [0.717, 1.165) is 21.9 Å². The zero-order valence-corrected chi connectivity index (χ0v) is 18.8. The zero-order valence-electron chi connectivity index (χ0n) is 18.8. The fraction of sp³-hybridized carbons (Fsp3) is 0. The lowest BCUT2D eigenvalue weighted by Crippen LogP contribution is -1.97. The first kappa shape index (κ1) is 22.4. The van der Waals surface area contributed by atoms with Gasteiger partial charge >= 0.3 is 0 Å². The monoisotopic (exact) mass is 471 g/mol. The third-order valence-electron chi connectivity index (χ3n) is 5.28. The van der Waals surface area contributed by atoms with Crippen molar-refractivity contribution in [2.75, 3.05) is 0 Å². The van der Waals surface area contributed by atoms with Gasteiger partial charge in [0.25, 0.3) is 12.9 Å². The van der Waals surface area contributed by atoms with E-state index in [1.165, 1.54) is 6.20 Å². The maximum Gasteiger partial charge on any atom is 0.298 e. The smallest absolute Gasteiger partial charge is 0.298 e. The van der Waals surface area contributed by atoms with Gasteiger partial charge in [-0.05, 0) is 41.1 Å². The number of ether oxygens (including phenoxy) is 2. The number of aromatic nitrogens is 3. The van der Waals surface area contributed by atoms with Crippen LogP contribution >= 0.6 is 0 Å². The van der Waals surface area contributed by atoms with E-state index in [1.807, 2.05) is 42.5 Å². The van der Waals surface area contributed by atoms with Gasteiger partial charge in [0.1, 0.15) is 11.5 Å². The number of nitrogens with zero attached hydrogens (tertiary/aromatic N) is 3. The summed E-state index contributed by atoms with van der Waals surface area (Å²) in [7, 11) is 0. The maximum absolute atomic E-state index is 11.0. The first-order valence-corrected chi connectivity index (χ1v) is 10.9. The van der Waals surface area contributed by atoms with Crippen molar-refractivity contribution in [2.24, 2.45) is 0 Å². The van der Waals surface area contributed by atoms with Crippen LogP contribution in [0.5, 0.6) is 11.5 Å². The number of carbonyl (C=O) groups is 2. The summed E-state index contributed by atoms with van der Waals surface area (Å²) in [5, 5.41) is 2.28. The Hall–Kier alpha value is -5.35. The summed E-state index contributed by atoms with van der Waals surface area (Å²) in [6.45, 7) is 0.666. The van der Waals surface area contributed by atoms with Gasteiger partial charge in [0.05, 0.1) is 22.8 Å². The van der Waals surface area contributed by atoms with Gasteiger partial charge in [0.2, 0.25) is 0 Å². The second-order valence-electron chi connectivity index (χ2n) is 7.62. The summed E-state index contributed by atoms with van der Waals surface area (Å²) >= 11 is 0. The summed E-state index contributed by atoms with van der Waals surface area (Å²) in [6, 6.07) is 24.1. The predicted octanol–water partition coefficient (Wildman–Crippen LogP) is 4.83. The molecule has 7 heteroatoms. The van der Waals surface area contributed by atoms with Crippen LogP contribution in [-0.4, -0.2) is 27.9 Å². The Morgan fingerprint density at radius 2 is 1.19 bits per heavy atom. The van der Waals surface area contributed by atoms with Crippen molar-refractivity contribution in [3.8, 4) is 46.1 Å². The molecule has 0 saturated carbocycles. The summed E-state index contributed by atoms with van der Waals surface area (Å²) in [5.74, 6) is 6.95. The molecule has 5 aromatic rings. The number of hydrogen-bond acceptors (Lipinski definition) is 7. The van der Waals surface area contributed by atoms with Crippen molar-refractivity contribution in [1.29, 1.82) is 0 Å². The van der Waals surface area contributed by atoms with Gasteiger partial charge in [-0.25, -0.2) is 4.98 Å². The molecule has 0 radical (unpaired) electrons. The second kappa shape index (κ2) is 10.3. The third-order valence-corrected chi connectivity index (χ3v) is 5.28. The summed E-state index contributed by atoms with van der Waals surface area (Å²) in [4.78, 5) is 35.1. The van der Waals surface area contributed by atoms with Crippen LogP contribution in [0.1, 0.15) is 11.1 Å². The molecule has 0 atom stereocenters. The zero-order chi connectivity index (χ0) is 24.7. The number of pyridine rings is 3. The molecule has 5 rings (SSSR count). The van der Waals surface area contributed by atoms with Crippen LogP contribution in [0.15, 0.2) is 91.3 Å². The van der Waals surface area contributed by atoms with E-state index in [4.69, 9.17) is 9.47 Å². The van der Waals surface area contributed by atoms with Gasteiger partial charge in [-0.3, -0.25) is 19.6 Å². The Kier molecular flexibility index (Phi) is 6.41. The van der Waals surface area contributed by atoms with Gasteiger partial charge in [-0.1, -0.05) is 42.2 Å². The van der Waals surface area contributed by atoms with E-state index in [1.54, 1.807) is 30.5 Å². The molecule has 0 bridgehead atoms. The highest BCUT2D eigenvalue weighted by atomic mass is 16.5. The van der Waals surface area contributed by atoms with Crippen LogP contribution in [0.4, 0.5) is 0 Å². The van der Waals surface area contributed by atoms with Gasteiger partial charge in [-0.2, -0.15) is 0 Å². The molecule has 0 unspecified atom stereocenters. The lowest BCUT2D eigenvalue weighted by molar-refractivity contribution is -0.121. The SMILES string of the molecule is O=COc1ccnc(-c2cc(OC=O)cc(-c3cc(C#Cc4ccc5ccccc5c4)ccn3)n2)c1. The molecule has 3 aromatic heterocycles. The van der Waals surface area contributed by atoms with E-state index in [-0.39, 0.29) is 5.75 Å². The van der Waals surface area contributed by atoms with E-state index < -0.39 is 0 Å². The molecule has 0 fully saturated rings. The molecular formula is C29H17N3O4. The topological polar surface area (TPSA) is 91.3 Å². The highest BCUT2D eigenvalue weighted by molar-refractivity contribution is 5.83. The Morgan fingerprint density at radius 1 is 0.583 bits per heavy atom. The number of rotatable bonds is 6. The molecule has 7 nitrogen and oxygen atoms in total. The van der Waals surface area contributed by atoms with E-state index in [2.05, 4.69) is 38.9 Å². The lowest BCUT2D eigenvalue weighted by atomic mass is 10.1. The summed E-state index contributed by atoms with van der Waals surface area (Å²) in [5.41, 5.74) is 3.49. The molecule has 0 aliphatic rings. The highest BCUT2D eigenvalue weighted by Gasteiger charge is 2.11. The number of fused-ring (bicyclic) bond motifs is 1. The minimum absolute atomic E-state index is 0.267. The van der Waals surface area contributed by atoms with Gasteiger partial charge in [0, 0.05) is 41.7 Å². The van der Waals surface area contributed by atoms with Gasteiger partial charge in [0.15, 0.2) is 0 Å². The van der Waals surface area contributed by atoms with Crippen molar-refractivity contribution >= 4 is 23.7 Å². The molecule has 0 spiro atoms. The summed E-state index contributed by atoms with van der Waals surface area (Å²) < 4.78 is 9.99. The van der Waals surface area contributed by atoms with E-state index in [0.29, 0.717) is 41.5 Å². The molecule has 0 aliphatic carbocycles. The molecule has 2 aromatic carbocycles.